The van der Waals surface area contributed by atoms with Crippen LogP contribution in [0.4, 0.5) is 49.6 Å². The van der Waals surface area contributed by atoms with Crippen LogP contribution in [0.25, 0.3) is 0 Å². The molecule has 30 heteroatoms. The summed E-state index contributed by atoms with van der Waals surface area (Å²) in [6, 6.07) is -0.0386. The molecule has 18 nitrogen and oxygen atoms in total. The predicted molar refractivity (Wildman–Crippen MR) is 223 cm³/mol. The average Bonchev–Trinajstić information content (AvgIpc) is 3.93. The molecule has 0 spiro atoms. The first-order valence-corrected chi connectivity index (χ1v) is 20.2. The van der Waals surface area contributed by atoms with Gasteiger partial charge in [-0.25, -0.2) is 39.9 Å². The van der Waals surface area contributed by atoms with Crippen LogP contribution in [0.1, 0.15) is 87.4 Å². The number of thiazole rings is 2. The van der Waals surface area contributed by atoms with Gasteiger partial charge in [-0.05, 0) is 26.0 Å². The third-order valence-corrected chi connectivity index (χ3v) is 11.5. The van der Waals surface area contributed by atoms with Crippen LogP contribution in [0.15, 0.2) is 49.6 Å². The van der Waals surface area contributed by atoms with Gasteiger partial charge in [-0.15, -0.1) is 22.7 Å². The van der Waals surface area contributed by atoms with Crippen LogP contribution in [0.5, 0.6) is 0 Å². The molecule has 8 N–H and O–H groups in total. The Bertz CT molecular complexity index is 2560. The third kappa shape index (κ3) is 12.1. The minimum absolute atomic E-state index is 0.0582. The first-order valence-electron chi connectivity index (χ1n) is 17.1. The zero-order valence-corrected chi connectivity index (χ0v) is 36.4. The number of nitrogens with zero attached hydrogens (tertiary/aromatic N) is 8. The number of anilines is 4. The van der Waals surface area contributed by atoms with Crippen molar-refractivity contribution in [1.82, 2.24) is 50.5 Å². The maximum absolute atomic E-state index is 13.0. The van der Waals surface area contributed by atoms with E-state index >= 15 is 0 Å². The molecule has 0 unspecified atom stereocenters. The standard InChI is InChI=1S/2C17H12Cl2F3N7O2S/c2*1-6(28-15(31)12-11(19)13(23)27-5-26-12)16-25-4-9(32-16)14(30)29-10-2-7(17(20,21)22)8(18)3-24-10/h2*2-6H,1H3,(H,28,31)(H2,23,26,27)(H,24,29,30)/t2*6-/m11/s1. The van der Waals surface area contributed by atoms with E-state index in [2.05, 4.69) is 61.1 Å². The van der Waals surface area contributed by atoms with Crippen molar-refractivity contribution in [2.75, 3.05) is 22.1 Å². The maximum Gasteiger partial charge on any atom is 0.418 e. The summed E-state index contributed by atoms with van der Waals surface area (Å²) in [4.78, 5) is 80.1. The second-order valence-corrected chi connectivity index (χ2v) is 16.1. The van der Waals surface area contributed by atoms with Crippen molar-refractivity contribution in [3.05, 3.63) is 112 Å². The summed E-state index contributed by atoms with van der Waals surface area (Å²) < 4.78 is 77.8. The van der Waals surface area contributed by atoms with Gasteiger partial charge in [0.25, 0.3) is 23.6 Å². The summed E-state index contributed by atoms with van der Waals surface area (Å²) in [6.45, 7) is 3.21. The smallest absolute Gasteiger partial charge is 0.382 e. The topological polar surface area (TPSA) is 272 Å². The fraction of sp³-hybridized carbons (Fsp3) is 0.176. The number of nitrogen functional groups attached to an aromatic ring is 2. The van der Waals surface area contributed by atoms with Crippen LogP contribution in [-0.4, -0.2) is 63.5 Å². The van der Waals surface area contributed by atoms with Crippen molar-refractivity contribution in [2.24, 2.45) is 0 Å². The molecular weight excluding hydrogens is 988 g/mol. The molecule has 0 aromatic carbocycles. The van der Waals surface area contributed by atoms with Gasteiger partial charge in [0.2, 0.25) is 0 Å². The minimum Gasteiger partial charge on any atom is -0.382 e. The number of pyridine rings is 2. The quantitative estimate of drug-likeness (QED) is 0.0711. The van der Waals surface area contributed by atoms with E-state index < -0.39 is 69.2 Å². The molecule has 0 fully saturated rings. The molecule has 4 amide bonds. The van der Waals surface area contributed by atoms with E-state index in [1.54, 1.807) is 13.8 Å². The lowest BCUT2D eigenvalue weighted by atomic mass is 10.2. The number of carbonyl (C=O) groups excluding carboxylic acids is 4. The van der Waals surface area contributed by atoms with Crippen molar-refractivity contribution < 1.29 is 45.5 Å². The van der Waals surface area contributed by atoms with E-state index in [9.17, 15) is 45.5 Å². The van der Waals surface area contributed by atoms with Crippen LogP contribution in [-0.2, 0) is 12.4 Å². The number of aromatic nitrogens is 8. The van der Waals surface area contributed by atoms with Gasteiger partial charge in [0.15, 0.2) is 11.4 Å². The summed E-state index contributed by atoms with van der Waals surface area (Å²) in [5, 5.41) is 9.03. The molecule has 0 radical (unpaired) electrons. The zero-order valence-electron chi connectivity index (χ0n) is 31.7. The average molecular weight is 1010 g/mol. The first kappa shape index (κ1) is 49.0. The molecular formula is C34H24Cl4F6N14O4S2. The van der Waals surface area contributed by atoms with Gasteiger partial charge in [-0.1, -0.05) is 46.4 Å². The molecule has 336 valence electrons. The largest absolute Gasteiger partial charge is 0.418 e. The molecule has 6 aromatic rings. The van der Waals surface area contributed by atoms with Gasteiger partial charge in [0.05, 0.1) is 45.6 Å². The zero-order chi connectivity index (χ0) is 47.3. The number of alkyl halides is 6. The summed E-state index contributed by atoms with van der Waals surface area (Å²) in [5.74, 6) is -3.53. The number of nitrogens with two attached hydrogens (primary N) is 2. The molecule has 6 heterocycles. The van der Waals surface area contributed by atoms with Crippen molar-refractivity contribution in [3.8, 4) is 0 Å². The van der Waals surface area contributed by atoms with Gasteiger partial charge in [0.1, 0.15) is 65.7 Å². The van der Waals surface area contributed by atoms with E-state index in [1.165, 1.54) is 12.4 Å². The molecule has 0 aliphatic rings. The van der Waals surface area contributed by atoms with E-state index in [0.717, 1.165) is 47.7 Å². The van der Waals surface area contributed by atoms with Crippen LogP contribution in [0.3, 0.4) is 0 Å². The Labute approximate surface area is 382 Å². The fourth-order valence-electron chi connectivity index (χ4n) is 4.73. The molecule has 2 atom stereocenters. The number of amides is 4. The Balaban J connectivity index is 0.000000241. The monoisotopic (exact) mass is 1010 g/mol. The molecule has 6 aromatic heterocycles. The summed E-state index contributed by atoms with van der Waals surface area (Å²) >= 11 is 24.7. The van der Waals surface area contributed by atoms with Gasteiger partial charge >= 0.3 is 12.4 Å². The molecule has 64 heavy (non-hydrogen) atoms. The second-order valence-electron chi connectivity index (χ2n) is 12.4. The molecule has 0 bridgehead atoms. The highest BCUT2D eigenvalue weighted by Gasteiger charge is 2.35. The first-order chi connectivity index (χ1) is 29.9. The number of rotatable bonds is 10. The lowest BCUT2D eigenvalue weighted by Gasteiger charge is -2.12. The molecule has 6 rings (SSSR count). The van der Waals surface area contributed by atoms with Crippen molar-refractivity contribution in [3.63, 3.8) is 0 Å². The molecule has 0 saturated heterocycles. The summed E-state index contributed by atoms with van der Waals surface area (Å²) in [7, 11) is 0. The Hall–Kier alpha value is -6.06. The van der Waals surface area contributed by atoms with Crippen molar-refractivity contribution in [2.45, 2.75) is 38.3 Å². The minimum atomic E-state index is -4.71. The maximum atomic E-state index is 13.0. The Morgan fingerprint density at radius 2 is 0.922 bits per heavy atom. The highest BCUT2D eigenvalue weighted by Crippen LogP contribution is 2.37. The van der Waals surface area contributed by atoms with Crippen LogP contribution in [0, 0.1) is 0 Å². The summed E-state index contributed by atoms with van der Waals surface area (Å²) in [5.41, 5.74) is 8.58. The normalized spacial score (nSPS) is 12.3. The van der Waals surface area contributed by atoms with Gasteiger partial charge in [0, 0.05) is 12.4 Å². The Morgan fingerprint density at radius 3 is 1.27 bits per heavy atom. The van der Waals surface area contributed by atoms with Crippen LogP contribution >= 0.6 is 69.1 Å². The second kappa shape index (κ2) is 20.2. The van der Waals surface area contributed by atoms with Gasteiger partial charge in [-0.3, -0.25) is 19.2 Å². The number of hydrogen-bond donors (Lipinski definition) is 6. The molecule has 0 aliphatic carbocycles. The van der Waals surface area contributed by atoms with E-state index in [1.807, 2.05) is 0 Å². The molecule has 0 saturated carbocycles. The lowest BCUT2D eigenvalue weighted by molar-refractivity contribution is -0.138. The predicted octanol–water partition coefficient (Wildman–Crippen LogP) is 7.96. The number of hydrogen-bond acceptors (Lipinski definition) is 16. The summed E-state index contributed by atoms with van der Waals surface area (Å²) in [6.07, 6.45) is -3.22. The highest BCUT2D eigenvalue weighted by atomic mass is 35.5. The van der Waals surface area contributed by atoms with E-state index in [4.69, 9.17) is 57.9 Å². The highest BCUT2D eigenvalue weighted by molar-refractivity contribution is 7.14. The third-order valence-electron chi connectivity index (χ3n) is 7.80. The molecule has 0 aliphatic heterocycles. The Morgan fingerprint density at radius 1 is 0.562 bits per heavy atom. The van der Waals surface area contributed by atoms with Crippen LogP contribution < -0.4 is 32.7 Å². The van der Waals surface area contributed by atoms with Gasteiger partial charge in [-0.2, -0.15) is 26.3 Å². The number of halogens is 10. The van der Waals surface area contributed by atoms with E-state index in [-0.39, 0.29) is 54.5 Å². The lowest BCUT2D eigenvalue weighted by Crippen LogP contribution is -2.28. The Kier molecular flexibility index (Phi) is 15.4. The van der Waals surface area contributed by atoms with Crippen LogP contribution in [0.2, 0.25) is 20.1 Å². The number of nitrogens with one attached hydrogen (secondary N) is 4. The fourth-order valence-corrected chi connectivity index (χ4v) is 7.15. The van der Waals surface area contributed by atoms with Crippen molar-refractivity contribution >= 4 is 116 Å². The number of carbonyl (C=O) groups is 4. The van der Waals surface area contributed by atoms with Crippen molar-refractivity contribution in [1.29, 1.82) is 0 Å². The van der Waals surface area contributed by atoms with E-state index in [0.29, 0.717) is 22.1 Å². The SMILES string of the molecule is C[C@@H](NC(=O)c1ncnc(N)c1Cl)c1ncc(C(=O)Nc2cc(C(F)(F)F)c(Cl)cn2)s1.C[C@@H](NC(=O)c1ncnc(N)c1Cl)c1ncc(C(=O)Nc2cc(C(F)(F)F)c(Cl)cn2)s1. The van der Waals surface area contributed by atoms with Gasteiger partial charge < -0.3 is 32.7 Å².